The molecule has 1 rings (SSSR count). The molecule has 4 heteroatoms. The van der Waals surface area contributed by atoms with Crippen molar-refractivity contribution >= 4 is 11.5 Å². The molecule has 0 fully saturated rings. The Morgan fingerprint density at radius 2 is 2.07 bits per heavy atom. The lowest BCUT2D eigenvalue weighted by molar-refractivity contribution is 0.165. The Balaban J connectivity index is 2.81. The van der Waals surface area contributed by atoms with Gasteiger partial charge in [0.1, 0.15) is 0 Å². The molecule has 1 aromatic heterocycles. The molecule has 0 spiro atoms. The summed E-state index contributed by atoms with van der Waals surface area (Å²) < 4.78 is 3.95. The van der Waals surface area contributed by atoms with Crippen LogP contribution >= 0.6 is 11.5 Å². The molecule has 0 aliphatic rings. The third kappa shape index (κ3) is 3.24. The van der Waals surface area contributed by atoms with Crippen LogP contribution in [0.25, 0.3) is 0 Å². The Kier molecular flexibility index (Phi) is 4.22. The quantitative estimate of drug-likeness (QED) is 0.861. The number of rotatable bonds is 4. The van der Waals surface area contributed by atoms with E-state index in [0.29, 0.717) is 0 Å². The summed E-state index contributed by atoms with van der Waals surface area (Å²) in [5.74, 6) is 0. The van der Waals surface area contributed by atoms with Gasteiger partial charge in [-0.25, -0.2) is 0 Å². The number of unbranched alkanes of at least 4 members (excludes halogenated alkanes) is 1. The fraction of sp³-hybridized carbons (Fsp3) is 0.818. The second-order valence-corrected chi connectivity index (χ2v) is 5.68. The topological polar surface area (TPSA) is 46.0 Å². The number of aliphatic hydroxyl groups excluding tert-OH is 1. The average molecular weight is 228 g/mol. The molecular weight excluding hydrogens is 208 g/mol. The van der Waals surface area contributed by atoms with Crippen LogP contribution in [0.15, 0.2) is 0 Å². The molecule has 3 nitrogen and oxygen atoms in total. The number of nitrogens with zero attached hydrogens (tertiary/aromatic N) is 2. The van der Waals surface area contributed by atoms with Crippen LogP contribution in [0.1, 0.15) is 63.6 Å². The van der Waals surface area contributed by atoms with Crippen LogP contribution in [0.3, 0.4) is 0 Å². The molecule has 0 saturated heterocycles. The van der Waals surface area contributed by atoms with Crippen molar-refractivity contribution in [2.24, 2.45) is 0 Å². The zero-order valence-corrected chi connectivity index (χ0v) is 10.8. The Morgan fingerprint density at radius 3 is 2.60 bits per heavy atom. The maximum absolute atomic E-state index is 10.0. The highest BCUT2D eigenvalue weighted by Crippen LogP contribution is 2.32. The molecule has 0 amide bonds. The highest BCUT2D eigenvalue weighted by molar-refractivity contribution is 7.05. The molecule has 0 radical (unpaired) electrons. The van der Waals surface area contributed by atoms with Crippen LogP contribution in [0.4, 0.5) is 0 Å². The van der Waals surface area contributed by atoms with Gasteiger partial charge in [0.05, 0.1) is 16.7 Å². The third-order valence-electron chi connectivity index (χ3n) is 2.36. The van der Waals surface area contributed by atoms with Gasteiger partial charge in [-0.2, -0.15) is 0 Å². The van der Waals surface area contributed by atoms with Gasteiger partial charge in [-0.15, -0.1) is 5.10 Å². The van der Waals surface area contributed by atoms with Crippen LogP contribution in [0, 0.1) is 0 Å². The van der Waals surface area contributed by atoms with Gasteiger partial charge in [0, 0.05) is 5.41 Å². The van der Waals surface area contributed by atoms with Gasteiger partial charge in [-0.3, -0.25) is 0 Å². The average Bonchev–Trinajstić information content (AvgIpc) is 2.61. The zero-order chi connectivity index (χ0) is 11.5. The predicted octanol–water partition coefficient (Wildman–Crippen LogP) is 3.06. The molecule has 1 unspecified atom stereocenters. The second kappa shape index (κ2) is 5.03. The normalized spacial score (nSPS) is 14.2. The first-order valence-corrected chi connectivity index (χ1v) is 6.25. The molecule has 1 atom stereocenters. The molecule has 1 N–H and O–H groups in total. The van der Waals surface area contributed by atoms with Crippen molar-refractivity contribution in [1.82, 2.24) is 9.59 Å². The van der Waals surface area contributed by atoms with Gasteiger partial charge in [0.25, 0.3) is 0 Å². The van der Waals surface area contributed by atoms with Gasteiger partial charge in [0.15, 0.2) is 0 Å². The van der Waals surface area contributed by atoms with Crippen LogP contribution in [0.5, 0.6) is 0 Å². The van der Waals surface area contributed by atoms with Crippen molar-refractivity contribution in [2.45, 2.75) is 58.5 Å². The SMILES string of the molecule is CCCCC(O)c1snnc1C(C)(C)C. The van der Waals surface area contributed by atoms with Crippen LogP contribution in [0.2, 0.25) is 0 Å². The molecule has 0 saturated carbocycles. The minimum Gasteiger partial charge on any atom is -0.387 e. The summed E-state index contributed by atoms with van der Waals surface area (Å²) >= 11 is 1.32. The highest BCUT2D eigenvalue weighted by Gasteiger charge is 2.25. The Hall–Kier alpha value is -0.480. The minimum absolute atomic E-state index is 0.0322. The van der Waals surface area contributed by atoms with E-state index in [4.69, 9.17) is 0 Å². The number of aliphatic hydroxyl groups is 1. The molecule has 86 valence electrons. The fourth-order valence-electron chi connectivity index (χ4n) is 1.46. The maximum atomic E-state index is 10.0. The summed E-state index contributed by atoms with van der Waals surface area (Å²) in [6, 6.07) is 0. The van der Waals surface area contributed by atoms with Gasteiger partial charge in [-0.05, 0) is 18.0 Å². The lowest BCUT2D eigenvalue weighted by Gasteiger charge is -2.18. The van der Waals surface area contributed by atoms with Gasteiger partial charge < -0.3 is 5.11 Å². The van der Waals surface area contributed by atoms with E-state index >= 15 is 0 Å². The van der Waals surface area contributed by atoms with E-state index in [2.05, 4.69) is 37.3 Å². The predicted molar refractivity (Wildman–Crippen MR) is 63.1 cm³/mol. The van der Waals surface area contributed by atoms with Crippen molar-refractivity contribution in [3.05, 3.63) is 10.6 Å². The molecule has 0 bridgehead atoms. The Bertz CT molecular complexity index is 304. The summed E-state index contributed by atoms with van der Waals surface area (Å²) in [5, 5.41) is 14.1. The van der Waals surface area contributed by atoms with Crippen molar-refractivity contribution < 1.29 is 5.11 Å². The molecule has 0 aliphatic heterocycles. The van der Waals surface area contributed by atoms with Crippen LogP contribution in [-0.2, 0) is 5.41 Å². The lowest BCUT2D eigenvalue weighted by Crippen LogP contribution is -2.15. The Labute approximate surface area is 95.7 Å². The summed E-state index contributed by atoms with van der Waals surface area (Å²) in [6.45, 7) is 8.42. The summed E-state index contributed by atoms with van der Waals surface area (Å²) in [7, 11) is 0. The smallest absolute Gasteiger partial charge is 0.0917 e. The van der Waals surface area contributed by atoms with Crippen molar-refractivity contribution in [1.29, 1.82) is 0 Å². The van der Waals surface area contributed by atoms with E-state index in [1.54, 1.807) is 0 Å². The molecular formula is C11H20N2OS. The third-order valence-corrected chi connectivity index (χ3v) is 3.18. The number of hydrogen-bond acceptors (Lipinski definition) is 4. The first kappa shape index (κ1) is 12.6. The lowest BCUT2D eigenvalue weighted by atomic mass is 9.90. The second-order valence-electron chi connectivity index (χ2n) is 4.89. The first-order valence-electron chi connectivity index (χ1n) is 5.47. The Morgan fingerprint density at radius 1 is 1.40 bits per heavy atom. The summed E-state index contributed by atoms with van der Waals surface area (Å²) in [4.78, 5) is 0.941. The summed E-state index contributed by atoms with van der Waals surface area (Å²) in [6.07, 6.45) is 2.57. The monoisotopic (exact) mass is 228 g/mol. The van der Waals surface area contributed by atoms with Crippen LogP contribution in [-0.4, -0.2) is 14.7 Å². The van der Waals surface area contributed by atoms with Gasteiger partial charge in [0.2, 0.25) is 0 Å². The van der Waals surface area contributed by atoms with Crippen LogP contribution < -0.4 is 0 Å². The molecule has 15 heavy (non-hydrogen) atoms. The minimum atomic E-state index is -0.390. The fourth-order valence-corrected chi connectivity index (χ4v) is 2.35. The van der Waals surface area contributed by atoms with E-state index < -0.39 is 0 Å². The van der Waals surface area contributed by atoms with Crippen molar-refractivity contribution in [2.75, 3.05) is 0 Å². The summed E-state index contributed by atoms with van der Waals surface area (Å²) in [5.41, 5.74) is 0.909. The molecule has 1 heterocycles. The van der Waals surface area contributed by atoms with E-state index in [1.165, 1.54) is 11.5 Å². The highest BCUT2D eigenvalue weighted by atomic mass is 32.1. The largest absolute Gasteiger partial charge is 0.387 e. The van der Waals surface area contributed by atoms with E-state index in [1.807, 2.05) is 0 Å². The molecule has 0 aliphatic carbocycles. The zero-order valence-electron chi connectivity index (χ0n) is 9.95. The number of aromatic nitrogens is 2. The first-order chi connectivity index (χ1) is 6.96. The van der Waals surface area contributed by atoms with Crippen molar-refractivity contribution in [3.8, 4) is 0 Å². The molecule has 0 aromatic carbocycles. The van der Waals surface area contributed by atoms with E-state index in [0.717, 1.165) is 29.8 Å². The van der Waals surface area contributed by atoms with Gasteiger partial charge in [-0.1, -0.05) is 45.0 Å². The standard InChI is InChI=1S/C11H20N2OS/c1-5-6-7-8(14)9-10(11(2,3)4)12-13-15-9/h8,14H,5-7H2,1-4H3. The van der Waals surface area contributed by atoms with Crippen molar-refractivity contribution in [3.63, 3.8) is 0 Å². The maximum Gasteiger partial charge on any atom is 0.0917 e. The molecule has 1 aromatic rings. The number of hydrogen-bond donors (Lipinski definition) is 1. The van der Waals surface area contributed by atoms with E-state index in [9.17, 15) is 5.11 Å². The van der Waals surface area contributed by atoms with E-state index in [-0.39, 0.29) is 11.5 Å². The van der Waals surface area contributed by atoms with Gasteiger partial charge >= 0.3 is 0 Å².